The van der Waals surface area contributed by atoms with Gasteiger partial charge in [-0.1, -0.05) is 30.3 Å². The van der Waals surface area contributed by atoms with Gasteiger partial charge in [0.1, 0.15) is 5.92 Å². The van der Waals surface area contributed by atoms with Crippen molar-refractivity contribution >= 4 is 29.3 Å². The lowest BCUT2D eigenvalue weighted by molar-refractivity contribution is -0.137. The van der Waals surface area contributed by atoms with Gasteiger partial charge in [0.05, 0.1) is 11.3 Å². The van der Waals surface area contributed by atoms with Crippen molar-refractivity contribution in [3.63, 3.8) is 0 Å². The number of para-hydroxylation sites is 1. The second kappa shape index (κ2) is 7.87. The summed E-state index contributed by atoms with van der Waals surface area (Å²) in [6.45, 7) is 0.183. The average molecular weight is 408 g/mol. The molecule has 1 aliphatic rings. The van der Waals surface area contributed by atoms with E-state index < -0.39 is 35.4 Å². The first-order valence-corrected chi connectivity index (χ1v) is 9.81. The van der Waals surface area contributed by atoms with Crippen molar-refractivity contribution in [1.29, 1.82) is 0 Å². The Morgan fingerprint density at radius 2 is 1.89 bits per heavy atom. The number of carbonyl (C=O) groups excluding carboxylic acids is 2. The van der Waals surface area contributed by atoms with Gasteiger partial charge in [0.15, 0.2) is 0 Å². The van der Waals surface area contributed by atoms with E-state index in [0.29, 0.717) is 11.3 Å². The maximum Gasteiger partial charge on any atom is 0.416 e. The third kappa shape index (κ3) is 4.01. The van der Waals surface area contributed by atoms with Crippen LogP contribution in [0.15, 0.2) is 53.4 Å². The van der Waals surface area contributed by atoms with Gasteiger partial charge < -0.3 is 10.2 Å². The first-order chi connectivity index (χ1) is 13.2. The minimum absolute atomic E-state index is 0.183. The monoisotopic (exact) mass is 408 g/mol. The van der Waals surface area contributed by atoms with Crippen LogP contribution in [0.2, 0.25) is 0 Å². The maximum atomic E-state index is 13.1. The Labute approximate surface area is 165 Å². The van der Waals surface area contributed by atoms with Crippen LogP contribution in [0.3, 0.4) is 0 Å². The summed E-state index contributed by atoms with van der Waals surface area (Å²) in [5.74, 6) is -2.65. The molecule has 3 rings (SSSR count). The van der Waals surface area contributed by atoms with Gasteiger partial charge in [-0.15, -0.1) is 11.8 Å². The summed E-state index contributed by atoms with van der Waals surface area (Å²) in [7, 11) is 1.55. The average Bonchev–Trinajstić information content (AvgIpc) is 2.96. The summed E-state index contributed by atoms with van der Waals surface area (Å²) in [6, 6.07) is 12.0. The summed E-state index contributed by atoms with van der Waals surface area (Å²) < 4.78 is 39.2. The zero-order valence-corrected chi connectivity index (χ0v) is 16.1. The fourth-order valence-electron chi connectivity index (χ4n) is 3.40. The molecule has 0 radical (unpaired) electrons. The molecule has 2 amide bonds. The van der Waals surface area contributed by atoms with Crippen LogP contribution in [0.4, 0.5) is 18.9 Å². The maximum absolute atomic E-state index is 13.1. The molecule has 0 saturated carbocycles. The number of thioether (sulfide) groups is 1. The number of carbonyl (C=O) groups is 2. The fourth-order valence-corrected chi connectivity index (χ4v) is 3.95. The number of likely N-dealkylation sites (tertiary alicyclic amines) is 1. The van der Waals surface area contributed by atoms with Gasteiger partial charge in [0.25, 0.3) is 0 Å². The molecule has 2 atom stereocenters. The van der Waals surface area contributed by atoms with Crippen molar-refractivity contribution in [3.8, 4) is 0 Å². The van der Waals surface area contributed by atoms with E-state index >= 15 is 0 Å². The Morgan fingerprint density at radius 1 is 1.18 bits per heavy atom. The molecule has 0 aromatic heterocycles. The quantitative estimate of drug-likeness (QED) is 0.608. The minimum atomic E-state index is -4.49. The molecular weight excluding hydrogens is 389 g/mol. The van der Waals surface area contributed by atoms with Crippen molar-refractivity contribution in [1.82, 2.24) is 4.90 Å². The molecule has 0 spiro atoms. The number of likely N-dealkylation sites (N-methyl/N-ethyl adjacent to an activating group) is 1. The summed E-state index contributed by atoms with van der Waals surface area (Å²) >= 11 is 1.45. The van der Waals surface area contributed by atoms with E-state index in [-0.39, 0.29) is 6.54 Å². The van der Waals surface area contributed by atoms with Gasteiger partial charge in [-0.2, -0.15) is 13.2 Å². The van der Waals surface area contributed by atoms with Crippen LogP contribution in [0, 0.1) is 5.92 Å². The van der Waals surface area contributed by atoms with Crippen molar-refractivity contribution in [2.24, 2.45) is 5.92 Å². The van der Waals surface area contributed by atoms with Crippen LogP contribution < -0.4 is 5.32 Å². The molecule has 1 fully saturated rings. The molecule has 0 aliphatic carbocycles. The predicted molar refractivity (Wildman–Crippen MR) is 102 cm³/mol. The van der Waals surface area contributed by atoms with Crippen molar-refractivity contribution < 1.29 is 22.8 Å². The summed E-state index contributed by atoms with van der Waals surface area (Å²) in [6.07, 6.45) is -2.62. The smallest absolute Gasteiger partial charge is 0.344 e. The van der Waals surface area contributed by atoms with E-state index in [9.17, 15) is 22.8 Å². The van der Waals surface area contributed by atoms with E-state index in [2.05, 4.69) is 5.32 Å². The lowest BCUT2D eigenvalue weighted by Crippen LogP contribution is -2.32. The third-order valence-electron chi connectivity index (χ3n) is 4.80. The number of amides is 2. The molecule has 148 valence electrons. The highest BCUT2D eigenvalue weighted by molar-refractivity contribution is 7.98. The Morgan fingerprint density at radius 3 is 2.57 bits per heavy atom. The van der Waals surface area contributed by atoms with E-state index in [1.165, 1.54) is 28.8 Å². The molecule has 0 unspecified atom stereocenters. The zero-order valence-electron chi connectivity index (χ0n) is 15.3. The van der Waals surface area contributed by atoms with E-state index in [1.54, 1.807) is 19.2 Å². The molecule has 1 aliphatic heterocycles. The van der Waals surface area contributed by atoms with E-state index in [1.807, 2.05) is 18.4 Å². The number of hydrogen-bond donors (Lipinski definition) is 1. The Hall–Kier alpha value is -2.48. The number of benzene rings is 2. The molecule has 28 heavy (non-hydrogen) atoms. The SMILES string of the molecule is CSc1ccccc1NC(=O)[C@H]1C(=O)N(C)C[C@@H]1c1cccc(C(F)(F)F)c1. The van der Waals surface area contributed by atoms with Crippen LogP contribution in [0.25, 0.3) is 0 Å². The van der Waals surface area contributed by atoms with Gasteiger partial charge in [-0.3, -0.25) is 9.59 Å². The molecular formula is C20H19F3N2O2S. The highest BCUT2D eigenvalue weighted by atomic mass is 32.2. The highest BCUT2D eigenvalue weighted by Crippen LogP contribution is 2.37. The van der Waals surface area contributed by atoms with Crippen molar-refractivity contribution in [2.75, 3.05) is 25.2 Å². The number of rotatable bonds is 4. The van der Waals surface area contributed by atoms with Crippen LogP contribution in [0.1, 0.15) is 17.0 Å². The van der Waals surface area contributed by atoms with Gasteiger partial charge in [0.2, 0.25) is 11.8 Å². The Kier molecular flexibility index (Phi) is 5.69. The molecule has 0 bridgehead atoms. The van der Waals surface area contributed by atoms with Gasteiger partial charge >= 0.3 is 6.18 Å². The first kappa shape index (κ1) is 20.3. The lowest BCUT2D eigenvalue weighted by atomic mass is 9.87. The Bertz CT molecular complexity index is 901. The summed E-state index contributed by atoms with van der Waals surface area (Å²) in [5, 5.41) is 2.77. The molecule has 1 heterocycles. The van der Waals surface area contributed by atoms with E-state index in [4.69, 9.17) is 0 Å². The number of anilines is 1. The summed E-state index contributed by atoms with van der Waals surface area (Å²) in [4.78, 5) is 27.7. The number of halogens is 3. The minimum Gasteiger partial charge on any atom is -0.344 e. The number of alkyl halides is 3. The summed E-state index contributed by atoms with van der Waals surface area (Å²) in [5.41, 5.74) is 0.106. The predicted octanol–water partition coefficient (Wildman–Crippen LogP) is 4.24. The first-order valence-electron chi connectivity index (χ1n) is 8.58. The third-order valence-corrected chi connectivity index (χ3v) is 5.60. The van der Waals surface area contributed by atoms with Crippen LogP contribution in [0.5, 0.6) is 0 Å². The largest absolute Gasteiger partial charge is 0.416 e. The normalized spacial score (nSPS) is 19.8. The Balaban J connectivity index is 1.92. The van der Waals surface area contributed by atoms with Crippen LogP contribution in [-0.2, 0) is 15.8 Å². The molecule has 2 aromatic carbocycles. The van der Waals surface area contributed by atoms with Crippen LogP contribution >= 0.6 is 11.8 Å². The number of nitrogens with zero attached hydrogens (tertiary/aromatic N) is 1. The van der Waals surface area contributed by atoms with Crippen molar-refractivity contribution in [2.45, 2.75) is 17.0 Å². The number of hydrogen-bond acceptors (Lipinski definition) is 3. The molecule has 1 N–H and O–H groups in total. The topological polar surface area (TPSA) is 49.4 Å². The molecule has 8 heteroatoms. The lowest BCUT2D eigenvalue weighted by Gasteiger charge is -2.19. The number of nitrogens with one attached hydrogen (secondary N) is 1. The highest BCUT2D eigenvalue weighted by Gasteiger charge is 2.45. The van der Waals surface area contributed by atoms with Crippen LogP contribution in [-0.4, -0.2) is 36.6 Å². The standard InChI is InChI=1S/C20H19F3N2O2S/c1-25-11-14(12-6-5-7-13(10-12)20(21,22)23)17(19(25)27)18(26)24-15-8-3-4-9-16(15)28-2/h3-10,14,17H,11H2,1-2H3,(H,24,26)/t14-,17+/m1/s1. The molecule has 4 nitrogen and oxygen atoms in total. The van der Waals surface area contributed by atoms with Gasteiger partial charge in [-0.25, -0.2) is 0 Å². The fraction of sp³-hybridized carbons (Fsp3) is 0.300. The van der Waals surface area contributed by atoms with Crippen molar-refractivity contribution in [3.05, 3.63) is 59.7 Å². The zero-order chi connectivity index (χ0) is 20.5. The second-order valence-electron chi connectivity index (χ2n) is 6.62. The second-order valence-corrected chi connectivity index (χ2v) is 7.46. The molecule has 2 aromatic rings. The van der Waals surface area contributed by atoms with Gasteiger partial charge in [0, 0.05) is 24.4 Å². The van der Waals surface area contributed by atoms with Gasteiger partial charge in [-0.05, 0) is 30.0 Å². The molecule has 1 saturated heterocycles. The van der Waals surface area contributed by atoms with E-state index in [0.717, 1.165) is 17.0 Å².